The second kappa shape index (κ2) is 5.04. The number of benzene rings is 1. The van der Waals surface area contributed by atoms with Crippen LogP contribution in [-0.2, 0) is 0 Å². The van der Waals surface area contributed by atoms with E-state index in [1.54, 1.807) is 6.20 Å². The van der Waals surface area contributed by atoms with Gasteiger partial charge in [0.1, 0.15) is 6.67 Å². The van der Waals surface area contributed by atoms with Gasteiger partial charge in [-0.05, 0) is 6.07 Å². The molecule has 0 spiro atoms. The molecule has 0 atom stereocenters. The molecule has 0 bridgehead atoms. The first kappa shape index (κ1) is 11.9. The molecule has 0 aliphatic carbocycles. The SMILES string of the molecule is O=C(O)N1C=c2ccccc2=NC1.[KH]. The van der Waals surface area contributed by atoms with Crippen molar-refractivity contribution in [3.63, 3.8) is 0 Å². The molecular weight excluding hydrogens is 207 g/mol. The summed E-state index contributed by atoms with van der Waals surface area (Å²) in [5, 5.41) is 10.4. The molecule has 0 unspecified atom stereocenters. The average molecular weight is 216 g/mol. The van der Waals surface area contributed by atoms with Crippen molar-refractivity contribution in [1.29, 1.82) is 0 Å². The molecule has 0 aromatic heterocycles. The third kappa shape index (κ3) is 2.43. The predicted octanol–water partition coefficient (Wildman–Crippen LogP) is -0.653. The molecule has 0 saturated carbocycles. The molecule has 0 saturated heterocycles. The van der Waals surface area contributed by atoms with Crippen LogP contribution in [0.25, 0.3) is 6.20 Å². The van der Waals surface area contributed by atoms with Gasteiger partial charge in [0.05, 0.1) is 5.36 Å². The van der Waals surface area contributed by atoms with E-state index >= 15 is 0 Å². The summed E-state index contributed by atoms with van der Waals surface area (Å²) in [4.78, 5) is 15.9. The summed E-state index contributed by atoms with van der Waals surface area (Å²) < 4.78 is 0. The summed E-state index contributed by atoms with van der Waals surface area (Å²) >= 11 is 0. The van der Waals surface area contributed by atoms with E-state index in [9.17, 15) is 4.79 Å². The molecule has 0 radical (unpaired) electrons. The van der Waals surface area contributed by atoms with Crippen molar-refractivity contribution in [2.45, 2.75) is 0 Å². The van der Waals surface area contributed by atoms with Crippen LogP contribution >= 0.6 is 0 Å². The fourth-order valence-electron chi connectivity index (χ4n) is 1.22. The van der Waals surface area contributed by atoms with Crippen molar-refractivity contribution < 1.29 is 9.90 Å². The fourth-order valence-corrected chi connectivity index (χ4v) is 1.22. The van der Waals surface area contributed by atoms with E-state index in [0.29, 0.717) is 0 Å². The maximum absolute atomic E-state index is 10.6. The molecule has 1 aliphatic heterocycles. The zero-order chi connectivity index (χ0) is 9.26. The Hall–Kier alpha value is -0.204. The molecule has 0 fully saturated rings. The van der Waals surface area contributed by atoms with Crippen LogP contribution < -0.4 is 10.6 Å². The number of hydrogen-bond donors (Lipinski definition) is 1. The molecule has 68 valence electrons. The molecule has 1 aromatic carbocycles. The zero-order valence-corrected chi connectivity index (χ0v) is 6.84. The Kier molecular flexibility index (Phi) is 4.27. The minimum atomic E-state index is -0.974. The second-order valence-electron chi connectivity index (χ2n) is 2.74. The Bertz CT molecular complexity index is 458. The van der Waals surface area contributed by atoms with Gasteiger partial charge in [-0.3, -0.25) is 9.89 Å². The first-order chi connectivity index (χ1) is 6.27. The van der Waals surface area contributed by atoms with Crippen LogP contribution in [0, 0.1) is 0 Å². The van der Waals surface area contributed by atoms with Crippen LogP contribution in [-0.4, -0.2) is 74.2 Å². The van der Waals surface area contributed by atoms with Crippen molar-refractivity contribution in [2.24, 2.45) is 4.99 Å². The van der Waals surface area contributed by atoms with Gasteiger partial charge >= 0.3 is 57.5 Å². The van der Waals surface area contributed by atoms with Crippen LogP contribution in [0.4, 0.5) is 4.79 Å². The standard InChI is InChI=1S/C9H8N2O2.K.H/c12-9(13)11-5-7-3-1-2-4-8(7)10-6-11;;/h1-5H,6H2,(H,12,13);;. The Morgan fingerprint density at radius 1 is 1.43 bits per heavy atom. The van der Waals surface area contributed by atoms with Crippen molar-refractivity contribution in [1.82, 2.24) is 4.90 Å². The van der Waals surface area contributed by atoms with Crippen LogP contribution in [0.3, 0.4) is 0 Å². The second-order valence-corrected chi connectivity index (χ2v) is 2.74. The van der Waals surface area contributed by atoms with Crippen LogP contribution in [0.2, 0.25) is 0 Å². The Morgan fingerprint density at radius 3 is 2.86 bits per heavy atom. The van der Waals surface area contributed by atoms with E-state index in [1.807, 2.05) is 24.3 Å². The predicted molar refractivity (Wildman–Crippen MR) is 53.6 cm³/mol. The van der Waals surface area contributed by atoms with Crippen molar-refractivity contribution in [3.8, 4) is 0 Å². The van der Waals surface area contributed by atoms with Gasteiger partial charge in [-0.25, -0.2) is 4.79 Å². The van der Waals surface area contributed by atoms with E-state index in [2.05, 4.69) is 4.99 Å². The normalized spacial score (nSPS) is 13.0. The monoisotopic (exact) mass is 216 g/mol. The Morgan fingerprint density at radius 2 is 2.14 bits per heavy atom. The summed E-state index contributed by atoms with van der Waals surface area (Å²) in [6.45, 7) is 0.187. The zero-order valence-electron chi connectivity index (χ0n) is 6.84. The summed E-state index contributed by atoms with van der Waals surface area (Å²) in [6, 6.07) is 7.45. The third-order valence-corrected chi connectivity index (χ3v) is 1.87. The number of amides is 1. The van der Waals surface area contributed by atoms with E-state index < -0.39 is 6.09 Å². The topological polar surface area (TPSA) is 52.9 Å². The Balaban J connectivity index is 0.000000980. The van der Waals surface area contributed by atoms with E-state index in [4.69, 9.17) is 5.11 Å². The fraction of sp³-hybridized carbons (Fsp3) is 0.111. The molecular formula is C9H9KN2O2. The van der Waals surface area contributed by atoms with E-state index in [1.165, 1.54) is 0 Å². The number of hydrogen-bond acceptors (Lipinski definition) is 2. The molecule has 4 nitrogen and oxygen atoms in total. The van der Waals surface area contributed by atoms with Crippen LogP contribution in [0.5, 0.6) is 0 Å². The summed E-state index contributed by atoms with van der Waals surface area (Å²) in [7, 11) is 0. The minimum absolute atomic E-state index is 0. The molecule has 5 heteroatoms. The van der Waals surface area contributed by atoms with Gasteiger partial charge in [-0.15, -0.1) is 0 Å². The molecule has 1 aliphatic rings. The van der Waals surface area contributed by atoms with E-state index in [-0.39, 0.29) is 58.1 Å². The van der Waals surface area contributed by atoms with Gasteiger partial charge in [0.25, 0.3) is 0 Å². The van der Waals surface area contributed by atoms with Crippen LogP contribution in [0.1, 0.15) is 0 Å². The molecule has 1 aromatic rings. The number of nitrogens with zero attached hydrogens (tertiary/aromatic N) is 2. The van der Waals surface area contributed by atoms with Crippen molar-refractivity contribution in [3.05, 3.63) is 34.8 Å². The first-order valence-corrected chi connectivity index (χ1v) is 3.88. The molecule has 1 amide bonds. The summed E-state index contributed by atoms with van der Waals surface area (Å²) in [5.41, 5.74) is 0. The van der Waals surface area contributed by atoms with Crippen molar-refractivity contribution in [2.75, 3.05) is 6.67 Å². The summed E-state index contributed by atoms with van der Waals surface area (Å²) in [6.07, 6.45) is 0.614. The molecule has 2 rings (SSSR count). The number of para-hydroxylation sites is 1. The van der Waals surface area contributed by atoms with Gasteiger partial charge in [0, 0.05) is 11.4 Å². The van der Waals surface area contributed by atoms with E-state index in [0.717, 1.165) is 15.5 Å². The van der Waals surface area contributed by atoms with Crippen molar-refractivity contribution >= 4 is 63.7 Å². The molecule has 1 N–H and O–H groups in total. The quantitative estimate of drug-likeness (QED) is 0.586. The van der Waals surface area contributed by atoms with Gasteiger partial charge < -0.3 is 5.11 Å². The average Bonchev–Trinajstić information content (AvgIpc) is 2.17. The Labute approximate surface area is 123 Å². The maximum atomic E-state index is 10.6. The molecule has 14 heavy (non-hydrogen) atoms. The number of fused-ring (bicyclic) bond motifs is 1. The number of rotatable bonds is 0. The van der Waals surface area contributed by atoms with Gasteiger partial charge in [0.15, 0.2) is 0 Å². The first-order valence-electron chi connectivity index (χ1n) is 3.88. The van der Waals surface area contributed by atoms with Gasteiger partial charge in [-0.1, -0.05) is 18.2 Å². The van der Waals surface area contributed by atoms with Gasteiger partial charge in [-0.2, -0.15) is 0 Å². The number of carboxylic acid groups (broad SMARTS) is 1. The third-order valence-electron chi connectivity index (χ3n) is 1.87. The molecule has 1 heterocycles. The summed E-state index contributed by atoms with van der Waals surface area (Å²) in [5.74, 6) is 0. The van der Waals surface area contributed by atoms with Gasteiger partial charge in [0.2, 0.25) is 0 Å². The number of carbonyl (C=O) groups is 1. The van der Waals surface area contributed by atoms with Crippen LogP contribution in [0.15, 0.2) is 29.3 Å².